The second kappa shape index (κ2) is 7.85. The van der Waals surface area contributed by atoms with Gasteiger partial charge in [0.05, 0.1) is 6.61 Å². The highest BCUT2D eigenvalue weighted by Crippen LogP contribution is 2.32. The second-order valence-corrected chi connectivity index (χ2v) is 8.77. The fraction of sp³-hybridized carbons (Fsp3) is 0.458. The Hall–Kier alpha value is -2.13. The van der Waals surface area contributed by atoms with E-state index in [0.717, 1.165) is 13.1 Å². The quantitative estimate of drug-likeness (QED) is 0.806. The number of aryl methyl sites for hydroxylation is 2. The lowest BCUT2D eigenvalue weighted by Gasteiger charge is -2.31. The molecular weight excluding hydrogens is 332 g/mol. The van der Waals surface area contributed by atoms with Crippen molar-refractivity contribution in [3.8, 4) is 0 Å². The first-order valence-electron chi connectivity index (χ1n) is 9.91. The molecule has 0 amide bonds. The van der Waals surface area contributed by atoms with Crippen LogP contribution in [0.2, 0.25) is 0 Å². The van der Waals surface area contributed by atoms with Gasteiger partial charge in [0.2, 0.25) is 6.34 Å². The summed E-state index contributed by atoms with van der Waals surface area (Å²) in [6.07, 6.45) is 2.25. The van der Waals surface area contributed by atoms with Crippen LogP contribution in [0, 0.1) is 19.3 Å². The van der Waals surface area contributed by atoms with Gasteiger partial charge in [-0.15, -0.1) is 0 Å². The highest BCUT2D eigenvalue weighted by atomic mass is 16.3. The summed E-state index contributed by atoms with van der Waals surface area (Å²) < 4.78 is 2.44. The van der Waals surface area contributed by atoms with Crippen LogP contribution in [0.1, 0.15) is 49.1 Å². The van der Waals surface area contributed by atoms with E-state index in [2.05, 4.69) is 99.0 Å². The first kappa shape index (κ1) is 19.6. The lowest BCUT2D eigenvalue weighted by atomic mass is 9.86. The molecule has 0 saturated heterocycles. The lowest BCUT2D eigenvalue weighted by Crippen LogP contribution is -2.45. The lowest BCUT2D eigenvalue weighted by molar-refractivity contribution is -0.549. The molecule has 1 aliphatic heterocycles. The van der Waals surface area contributed by atoms with E-state index in [1.807, 2.05) is 0 Å². The molecule has 0 radical (unpaired) electrons. The molecule has 0 aromatic heterocycles. The molecule has 3 nitrogen and oxygen atoms in total. The minimum absolute atomic E-state index is 0.0298. The van der Waals surface area contributed by atoms with Crippen molar-refractivity contribution in [3.05, 3.63) is 70.8 Å². The van der Waals surface area contributed by atoms with Gasteiger partial charge in [-0.25, -0.2) is 0 Å². The predicted molar refractivity (Wildman–Crippen MR) is 112 cm³/mol. The maximum atomic E-state index is 9.99. The summed E-state index contributed by atoms with van der Waals surface area (Å²) in [4.78, 5) is 2.32. The van der Waals surface area contributed by atoms with Crippen molar-refractivity contribution >= 4 is 6.34 Å². The molecule has 0 unspecified atom stereocenters. The Balaban J connectivity index is 2.06. The van der Waals surface area contributed by atoms with Crippen molar-refractivity contribution in [2.75, 3.05) is 19.7 Å². The number of aliphatic hydroxyl groups is 1. The summed E-state index contributed by atoms with van der Waals surface area (Å²) in [7, 11) is 0. The second-order valence-electron chi connectivity index (χ2n) is 8.77. The molecule has 0 bridgehead atoms. The van der Waals surface area contributed by atoms with Crippen LogP contribution in [0.25, 0.3) is 0 Å². The first-order valence-corrected chi connectivity index (χ1v) is 9.91. The van der Waals surface area contributed by atoms with Crippen molar-refractivity contribution in [1.82, 2.24) is 4.90 Å². The van der Waals surface area contributed by atoms with E-state index < -0.39 is 0 Å². The molecule has 1 heterocycles. The Morgan fingerprint density at radius 3 is 1.93 bits per heavy atom. The first-order chi connectivity index (χ1) is 12.8. The molecular formula is C24H33N2O+. The number of nitrogens with zero attached hydrogens (tertiary/aromatic N) is 2. The van der Waals surface area contributed by atoms with Crippen LogP contribution in [-0.4, -0.2) is 46.7 Å². The van der Waals surface area contributed by atoms with Crippen LogP contribution in [0.5, 0.6) is 0 Å². The fourth-order valence-electron chi connectivity index (χ4n) is 4.16. The third-order valence-electron chi connectivity index (χ3n) is 5.78. The Kier molecular flexibility index (Phi) is 5.71. The number of benzene rings is 2. The van der Waals surface area contributed by atoms with E-state index in [4.69, 9.17) is 0 Å². The van der Waals surface area contributed by atoms with Crippen LogP contribution < -0.4 is 0 Å². The SMILES string of the molecule is Cc1ccccc1C(c1ccccc1C)[N+]1=CN([C@H](CO)C(C)(C)C)CC1. The molecule has 0 spiro atoms. The van der Waals surface area contributed by atoms with Crippen LogP contribution in [0.4, 0.5) is 0 Å². The van der Waals surface area contributed by atoms with Gasteiger partial charge in [-0.1, -0.05) is 69.3 Å². The molecule has 1 aliphatic rings. The van der Waals surface area contributed by atoms with Gasteiger partial charge in [-0.3, -0.25) is 9.48 Å². The minimum Gasteiger partial charge on any atom is -0.392 e. The van der Waals surface area contributed by atoms with Crippen molar-refractivity contribution in [2.45, 2.75) is 46.7 Å². The number of rotatable bonds is 5. The zero-order valence-electron chi connectivity index (χ0n) is 17.3. The maximum absolute atomic E-state index is 9.99. The van der Waals surface area contributed by atoms with E-state index in [1.54, 1.807) is 0 Å². The van der Waals surface area contributed by atoms with E-state index in [9.17, 15) is 5.11 Å². The zero-order valence-corrected chi connectivity index (χ0v) is 17.3. The van der Waals surface area contributed by atoms with Gasteiger partial charge >= 0.3 is 0 Å². The standard InChI is InChI=1S/C24H33N2O/c1-18-10-6-8-12-20(18)23(21-13-9-7-11-19(21)2)26-15-14-25(17-26)22(16-27)24(3,4)5/h6-13,17,22-23,27H,14-16H2,1-5H3/q+1/t22-/m1/s1. The average Bonchev–Trinajstić information content (AvgIpc) is 3.07. The van der Waals surface area contributed by atoms with E-state index >= 15 is 0 Å². The Labute approximate surface area is 164 Å². The van der Waals surface area contributed by atoms with Crippen molar-refractivity contribution in [1.29, 1.82) is 0 Å². The topological polar surface area (TPSA) is 26.5 Å². The number of hydrogen-bond acceptors (Lipinski definition) is 2. The molecule has 1 atom stereocenters. The monoisotopic (exact) mass is 365 g/mol. The normalized spacial score (nSPS) is 16.0. The summed E-state index contributed by atoms with van der Waals surface area (Å²) in [6, 6.07) is 17.7. The van der Waals surface area contributed by atoms with Gasteiger partial charge < -0.3 is 5.11 Å². The largest absolute Gasteiger partial charge is 0.392 e. The maximum Gasteiger partial charge on any atom is 0.235 e. The van der Waals surface area contributed by atoms with Crippen molar-refractivity contribution < 1.29 is 9.68 Å². The van der Waals surface area contributed by atoms with Gasteiger partial charge in [-0.2, -0.15) is 0 Å². The summed E-state index contributed by atoms with van der Waals surface area (Å²) in [5, 5.41) is 9.99. The van der Waals surface area contributed by atoms with Crippen molar-refractivity contribution in [2.24, 2.45) is 5.41 Å². The zero-order chi connectivity index (χ0) is 19.6. The molecule has 2 aromatic carbocycles. The van der Waals surface area contributed by atoms with Gasteiger partial charge in [0.25, 0.3) is 0 Å². The molecule has 0 fully saturated rings. The van der Waals surface area contributed by atoms with Crippen LogP contribution >= 0.6 is 0 Å². The Morgan fingerprint density at radius 1 is 0.963 bits per heavy atom. The van der Waals surface area contributed by atoms with Crippen LogP contribution in [0.3, 0.4) is 0 Å². The van der Waals surface area contributed by atoms with Gasteiger partial charge in [0.1, 0.15) is 25.2 Å². The molecule has 27 heavy (non-hydrogen) atoms. The Morgan fingerprint density at radius 2 is 1.48 bits per heavy atom. The number of aliphatic hydroxyl groups excluding tert-OH is 1. The van der Waals surface area contributed by atoms with Crippen molar-refractivity contribution in [3.63, 3.8) is 0 Å². The third-order valence-corrected chi connectivity index (χ3v) is 5.78. The minimum atomic E-state index is 0.0298. The number of hydrogen-bond donors (Lipinski definition) is 1. The molecule has 2 aromatic rings. The predicted octanol–water partition coefficient (Wildman–Crippen LogP) is 4.16. The van der Waals surface area contributed by atoms with Crippen LogP contribution in [-0.2, 0) is 0 Å². The van der Waals surface area contributed by atoms with E-state index in [1.165, 1.54) is 22.3 Å². The Bertz CT molecular complexity index is 774. The molecule has 3 heteroatoms. The molecule has 144 valence electrons. The van der Waals surface area contributed by atoms with Gasteiger partial charge in [-0.05, 0) is 25.0 Å². The summed E-state index contributed by atoms with van der Waals surface area (Å²) in [6.45, 7) is 13.1. The summed E-state index contributed by atoms with van der Waals surface area (Å²) >= 11 is 0. The molecule has 0 aliphatic carbocycles. The third kappa shape index (κ3) is 4.08. The molecule has 3 rings (SSSR count). The molecule has 1 N–H and O–H groups in total. The smallest absolute Gasteiger partial charge is 0.235 e. The average molecular weight is 366 g/mol. The van der Waals surface area contributed by atoms with Gasteiger partial charge in [0.15, 0.2) is 0 Å². The summed E-state index contributed by atoms with van der Waals surface area (Å²) in [5.41, 5.74) is 5.35. The summed E-state index contributed by atoms with van der Waals surface area (Å²) in [5.74, 6) is 0. The molecule has 0 saturated carbocycles. The van der Waals surface area contributed by atoms with E-state index in [0.29, 0.717) is 0 Å². The van der Waals surface area contributed by atoms with E-state index in [-0.39, 0.29) is 24.1 Å². The highest BCUT2D eigenvalue weighted by Gasteiger charge is 2.38. The highest BCUT2D eigenvalue weighted by molar-refractivity contribution is 5.53. The fourth-order valence-corrected chi connectivity index (χ4v) is 4.16. The van der Waals surface area contributed by atoms with Gasteiger partial charge in [0, 0.05) is 16.5 Å². The van der Waals surface area contributed by atoms with Crippen LogP contribution in [0.15, 0.2) is 48.5 Å².